The van der Waals surface area contributed by atoms with Crippen molar-refractivity contribution >= 4 is 41.4 Å². The first-order valence-electron chi connectivity index (χ1n) is 5.85. The molecule has 0 spiro atoms. The molecule has 1 fully saturated rings. The molecule has 1 N–H and O–H groups in total. The highest BCUT2D eigenvalue weighted by atomic mass is 32.2. The van der Waals surface area contributed by atoms with E-state index in [2.05, 4.69) is 11.3 Å². The zero-order valence-corrected chi connectivity index (χ0v) is 12.8. The molecule has 112 valence electrons. The molecule has 1 rings (SSSR count). The van der Waals surface area contributed by atoms with Crippen molar-refractivity contribution in [2.24, 2.45) is 5.92 Å². The Labute approximate surface area is 125 Å². The van der Waals surface area contributed by atoms with Gasteiger partial charge in [0.25, 0.3) is 0 Å². The predicted molar refractivity (Wildman–Crippen MR) is 76.6 cm³/mol. The van der Waals surface area contributed by atoms with Crippen molar-refractivity contribution in [3.63, 3.8) is 0 Å². The van der Waals surface area contributed by atoms with Gasteiger partial charge in [-0.3, -0.25) is 4.79 Å². The fraction of sp³-hybridized carbons (Fsp3) is 0.583. The van der Waals surface area contributed by atoms with Crippen LogP contribution in [0, 0.1) is 5.92 Å². The van der Waals surface area contributed by atoms with Gasteiger partial charge in [0.2, 0.25) is 0 Å². The van der Waals surface area contributed by atoms with Crippen molar-refractivity contribution < 1.29 is 29.0 Å². The summed E-state index contributed by atoms with van der Waals surface area (Å²) >= 11 is 2.40. The summed E-state index contributed by atoms with van der Waals surface area (Å²) in [5.41, 5.74) is -0.369. The van der Waals surface area contributed by atoms with Gasteiger partial charge in [0.15, 0.2) is 4.08 Å². The minimum atomic E-state index is -1.34. The second-order valence-corrected chi connectivity index (χ2v) is 6.81. The highest BCUT2D eigenvalue weighted by Crippen LogP contribution is 2.52. The quantitative estimate of drug-likeness (QED) is 0.576. The van der Waals surface area contributed by atoms with Crippen molar-refractivity contribution in [1.29, 1.82) is 0 Å². The summed E-state index contributed by atoms with van der Waals surface area (Å²) in [6.45, 7) is 5.22. The monoisotopic (exact) mass is 320 g/mol. The number of hydrogen-bond acceptors (Lipinski definition) is 7. The van der Waals surface area contributed by atoms with E-state index in [0.29, 0.717) is 11.5 Å². The van der Waals surface area contributed by atoms with E-state index in [0.717, 1.165) is 7.11 Å². The molecular formula is C12H16O6S2. The maximum absolute atomic E-state index is 12.3. The molecule has 0 aromatic carbocycles. The van der Waals surface area contributed by atoms with E-state index in [1.54, 1.807) is 6.92 Å². The highest BCUT2D eigenvalue weighted by Gasteiger charge is 2.56. The molecule has 0 saturated carbocycles. The number of rotatable bonds is 6. The zero-order chi connectivity index (χ0) is 15.3. The molecule has 0 aromatic rings. The lowest BCUT2D eigenvalue weighted by atomic mass is 9.95. The maximum atomic E-state index is 12.3. The van der Waals surface area contributed by atoms with Gasteiger partial charge < -0.3 is 14.6 Å². The number of aliphatic carboxylic acids is 1. The average Bonchev–Trinajstić information content (AvgIpc) is 2.89. The predicted octanol–water partition coefficient (Wildman–Crippen LogP) is 1.16. The molecule has 0 bridgehead atoms. The number of hydrogen-bond donors (Lipinski definition) is 1. The molecule has 6 nitrogen and oxygen atoms in total. The Morgan fingerprint density at radius 2 is 1.90 bits per heavy atom. The lowest BCUT2D eigenvalue weighted by molar-refractivity contribution is -0.153. The fourth-order valence-corrected chi connectivity index (χ4v) is 5.10. The number of thioether (sulfide) groups is 2. The van der Waals surface area contributed by atoms with Crippen LogP contribution >= 0.6 is 23.5 Å². The lowest BCUT2D eigenvalue weighted by Gasteiger charge is -2.31. The van der Waals surface area contributed by atoms with Gasteiger partial charge in [-0.05, 0) is 6.92 Å². The van der Waals surface area contributed by atoms with Gasteiger partial charge in [-0.1, -0.05) is 6.58 Å². The van der Waals surface area contributed by atoms with Crippen LogP contribution in [0.5, 0.6) is 0 Å². The molecule has 1 aliphatic heterocycles. The van der Waals surface area contributed by atoms with E-state index in [4.69, 9.17) is 9.84 Å². The van der Waals surface area contributed by atoms with Crippen LogP contribution < -0.4 is 0 Å². The van der Waals surface area contributed by atoms with Crippen molar-refractivity contribution in [2.45, 2.75) is 11.0 Å². The molecule has 1 saturated heterocycles. The normalized spacial score (nSPS) is 18.1. The van der Waals surface area contributed by atoms with Gasteiger partial charge in [-0.25, -0.2) is 9.59 Å². The van der Waals surface area contributed by atoms with Crippen molar-refractivity contribution in [1.82, 2.24) is 0 Å². The van der Waals surface area contributed by atoms with E-state index in [9.17, 15) is 14.4 Å². The molecule has 1 atom stereocenters. The van der Waals surface area contributed by atoms with Gasteiger partial charge in [0.1, 0.15) is 5.92 Å². The Morgan fingerprint density at radius 3 is 2.30 bits per heavy atom. The van der Waals surface area contributed by atoms with Crippen LogP contribution in [-0.2, 0) is 23.9 Å². The van der Waals surface area contributed by atoms with E-state index in [1.807, 2.05) is 0 Å². The zero-order valence-electron chi connectivity index (χ0n) is 11.2. The largest absolute Gasteiger partial charge is 0.478 e. The molecule has 1 unspecified atom stereocenters. The summed E-state index contributed by atoms with van der Waals surface area (Å²) in [7, 11) is 1.15. The first-order chi connectivity index (χ1) is 9.40. The molecule has 1 aliphatic rings. The Kier molecular flexibility index (Phi) is 5.94. The summed E-state index contributed by atoms with van der Waals surface area (Å²) in [6, 6.07) is 0. The third-order valence-corrected chi connectivity index (χ3v) is 6.16. The van der Waals surface area contributed by atoms with Gasteiger partial charge in [0.05, 0.1) is 13.7 Å². The average molecular weight is 320 g/mol. The number of carbonyl (C=O) groups is 3. The molecule has 0 aliphatic carbocycles. The third kappa shape index (κ3) is 3.12. The van der Waals surface area contributed by atoms with Crippen LogP contribution in [0.25, 0.3) is 0 Å². The number of methoxy groups -OCH3 is 1. The summed E-state index contributed by atoms with van der Waals surface area (Å²) in [5.74, 6) is -2.80. The molecule has 0 amide bonds. The lowest BCUT2D eigenvalue weighted by Crippen LogP contribution is -2.46. The van der Waals surface area contributed by atoms with Crippen LogP contribution in [-0.4, -0.2) is 52.3 Å². The highest BCUT2D eigenvalue weighted by molar-refractivity contribution is 8.22. The van der Waals surface area contributed by atoms with Gasteiger partial charge in [0, 0.05) is 17.1 Å². The standard InChI is InChI=1S/C12H16O6S2/c1-4-18-11(16)12(19-5-6-20-12)8(10(15)17-3)7(2)9(13)14/h8H,2,4-6H2,1,3H3,(H,13,14). The molecule has 8 heteroatoms. The second-order valence-electron chi connectivity index (χ2n) is 3.87. The third-order valence-electron chi connectivity index (χ3n) is 2.72. The summed E-state index contributed by atoms with van der Waals surface area (Å²) in [5, 5.41) is 9.11. The van der Waals surface area contributed by atoms with Crippen LogP contribution in [0.1, 0.15) is 6.92 Å². The Hall–Kier alpha value is -1.15. The number of esters is 2. The number of carboxylic acids is 1. The smallest absolute Gasteiger partial charge is 0.333 e. The van der Waals surface area contributed by atoms with Crippen LogP contribution in [0.2, 0.25) is 0 Å². The molecular weight excluding hydrogens is 304 g/mol. The Balaban J connectivity index is 3.24. The van der Waals surface area contributed by atoms with E-state index < -0.39 is 27.9 Å². The topological polar surface area (TPSA) is 89.9 Å². The summed E-state index contributed by atoms with van der Waals surface area (Å²) in [4.78, 5) is 35.4. The molecule has 0 aromatic heterocycles. The molecule has 0 radical (unpaired) electrons. The summed E-state index contributed by atoms with van der Waals surface area (Å²) in [6.07, 6.45) is 0. The Bertz CT molecular complexity index is 428. The number of carboxylic acid groups (broad SMARTS) is 1. The summed E-state index contributed by atoms with van der Waals surface area (Å²) < 4.78 is 8.33. The number of carbonyl (C=O) groups excluding carboxylic acids is 2. The second kappa shape index (κ2) is 7.03. The van der Waals surface area contributed by atoms with Gasteiger partial charge >= 0.3 is 17.9 Å². The van der Waals surface area contributed by atoms with Crippen molar-refractivity contribution in [2.75, 3.05) is 25.2 Å². The van der Waals surface area contributed by atoms with E-state index in [1.165, 1.54) is 23.5 Å². The molecule has 1 heterocycles. The van der Waals surface area contributed by atoms with Crippen molar-refractivity contribution in [3.05, 3.63) is 12.2 Å². The van der Waals surface area contributed by atoms with Crippen molar-refractivity contribution in [3.8, 4) is 0 Å². The van der Waals surface area contributed by atoms with E-state index in [-0.39, 0.29) is 12.2 Å². The van der Waals surface area contributed by atoms with Crippen LogP contribution in [0.15, 0.2) is 12.2 Å². The minimum absolute atomic E-state index is 0.148. The molecule has 20 heavy (non-hydrogen) atoms. The first kappa shape index (κ1) is 16.9. The first-order valence-corrected chi connectivity index (χ1v) is 7.82. The fourth-order valence-electron chi connectivity index (χ4n) is 1.83. The maximum Gasteiger partial charge on any atom is 0.333 e. The van der Waals surface area contributed by atoms with Crippen LogP contribution in [0.4, 0.5) is 0 Å². The van der Waals surface area contributed by atoms with Gasteiger partial charge in [-0.15, -0.1) is 23.5 Å². The number of ether oxygens (including phenoxy) is 2. The van der Waals surface area contributed by atoms with Crippen LogP contribution in [0.3, 0.4) is 0 Å². The van der Waals surface area contributed by atoms with Gasteiger partial charge in [-0.2, -0.15) is 0 Å². The Morgan fingerprint density at radius 1 is 1.35 bits per heavy atom. The minimum Gasteiger partial charge on any atom is -0.478 e. The SMILES string of the molecule is C=C(C(=O)O)C(C(=O)OC)C1(C(=O)OCC)SCCS1. The van der Waals surface area contributed by atoms with E-state index >= 15 is 0 Å².